The van der Waals surface area contributed by atoms with Crippen LogP contribution in [0.15, 0.2) is 24.3 Å². The third kappa shape index (κ3) is 2.45. The topological polar surface area (TPSA) is 49.6 Å². The summed E-state index contributed by atoms with van der Waals surface area (Å²) < 4.78 is 0. The lowest BCUT2D eigenvalue weighted by molar-refractivity contribution is -0.120. The highest BCUT2D eigenvalue weighted by Gasteiger charge is 2.32. The van der Waals surface area contributed by atoms with E-state index in [2.05, 4.69) is 17.0 Å². The minimum Gasteiger partial charge on any atom is -0.321 e. The monoisotopic (exact) mass is 273 g/mol. The van der Waals surface area contributed by atoms with Crippen LogP contribution < -0.4 is 10.6 Å². The second-order valence-electron chi connectivity index (χ2n) is 6.20. The predicted octanol–water partition coefficient (Wildman–Crippen LogP) is 1.69. The van der Waals surface area contributed by atoms with Crippen molar-refractivity contribution in [2.24, 2.45) is 5.73 Å². The van der Waals surface area contributed by atoms with Gasteiger partial charge in [-0.25, -0.2) is 0 Å². The van der Waals surface area contributed by atoms with Gasteiger partial charge in [0.15, 0.2) is 0 Å². The molecule has 3 rings (SSSR count). The summed E-state index contributed by atoms with van der Waals surface area (Å²) in [5.74, 6) is 0.174. The fourth-order valence-corrected chi connectivity index (χ4v) is 3.34. The number of anilines is 1. The molecule has 0 radical (unpaired) electrons. The number of likely N-dealkylation sites (N-methyl/N-ethyl adjacent to an activating group) is 1. The Morgan fingerprint density at radius 1 is 1.20 bits per heavy atom. The van der Waals surface area contributed by atoms with Crippen LogP contribution in [0.25, 0.3) is 0 Å². The SMILES string of the molecule is CN1CCN(c2cccc(C3(N)CCCC3)c2)C(=O)C1. The van der Waals surface area contributed by atoms with E-state index in [-0.39, 0.29) is 11.4 Å². The minimum absolute atomic E-state index is 0.174. The average Bonchev–Trinajstić information content (AvgIpc) is 2.87. The Labute approximate surface area is 120 Å². The van der Waals surface area contributed by atoms with Crippen LogP contribution in [0.2, 0.25) is 0 Å². The molecule has 1 aliphatic carbocycles. The number of hydrogen-bond donors (Lipinski definition) is 1. The van der Waals surface area contributed by atoms with Crippen molar-refractivity contribution in [1.82, 2.24) is 4.90 Å². The van der Waals surface area contributed by atoms with Crippen molar-refractivity contribution in [3.8, 4) is 0 Å². The predicted molar refractivity (Wildman–Crippen MR) is 80.6 cm³/mol. The number of carbonyl (C=O) groups excluding carboxylic acids is 1. The molecule has 1 saturated heterocycles. The first-order valence-corrected chi connectivity index (χ1v) is 7.47. The van der Waals surface area contributed by atoms with E-state index in [1.165, 1.54) is 18.4 Å². The maximum absolute atomic E-state index is 12.2. The number of carbonyl (C=O) groups is 1. The Kier molecular flexibility index (Phi) is 3.52. The number of nitrogens with two attached hydrogens (primary N) is 1. The number of nitrogens with zero attached hydrogens (tertiary/aromatic N) is 2. The zero-order valence-corrected chi connectivity index (χ0v) is 12.1. The third-order valence-corrected chi connectivity index (χ3v) is 4.64. The molecule has 1 aromatic carbocycles. The summed E-state index contributed by atoms with van der Waals surface area (Å²) >= 11 is 0. The molecule has 0 bridgehead atoms. The highest BCUT2D eigenvalue weighted by molar-refractivity contribution is 5.95. The Hall–Kier alpha value is -1.39. The van der Waals surface area contributed by atoms with Crippen molar-refractivity contribution in [1.29, 1.82) is 0 Å². The van der Waals surface area contributed by atoms with Crippen molar-refractivity contribution in [3.05, 3.63) is 29.8 Å². The van der Waals surface area contributed by atoms with Crippen LogP contribution in [0.1, 0.15) is 31.2 Å². The van der Waals surface area contributed by atoms with E-state index >= 15 is 0 Å². The summed E-state index contributed by atoms with van der Waals surface area (Å²) in [4.78, 5) is 16.1. The lowest BCUT2D eigenvalue weighted by Crippen LogP contribution is -2.49. The number of benzene rings is 1. The maximum atomic E-state index is 12.2. The molecule has 1 heterocycles. The standard InChI is InChI=1S/C16H23N3O/c1-18-9-10-19(15(20)12-18)14-6-4-5-13(11-14)16(17)7-2-3-8-16/h4-6,11H,2-3,7-10,12,17H2,1H3. The van der Waals surface area contributed by atoms with Crippen LogP contribution in [0.5, 0.6) is 0 Å². The van der Waals surface area contributed by atoms with Gasteiger partial charge >= 0.3 is 0 Å². The summed E-state index contributed by atoms with van der Waals surface area (Å²) in [6.45, 7) is 2.18. The Morgan fingerprint density at radius 3 is 2.65 bits per heavy atom. The van der Waals surface area contributed by atoms with E-state index in [1.807, 2.05) is 24.1 Å². The summed E-state index contributed by atoms with van der Waals surface area (Å²) in [5.41, 5.74) is 8.51. The minimum atomic E-state index is -0.189. The van der Waals surface area contributed by atoms with Gasteiger partial charge in [0, 0.05) is 24.3 Å². The summed E-state index contributed by atoms with van der Waals surface area (Å²) in [7, 11) is 1.99. The molecule has 2 N–H and O–H groups in total. The van der Waals surface area contributed by atoms with Crippen molar-refractivity contribution in [2.75, 3.05) is 31.6 Å². The quantitative estimate of drug-likeness (QED) is 0.892. The third-order valence-electron chi connectivity index (χ3n) is 4.64. The van der Waals surface area contributed by atoms with Crippen LogP contribution >= 0.6 is 0 Å². The van der Waals surface area contributed by atoms with Gasteiger partial charge in [-0.2, -0.15) is 0 Å². The molecule has 4 heteroatoms. The van der Waals surface area contributed by atoms with E-state index in [0.29, 0.717) is 6.54 Å². The molecule has 1 aromatic rings. The molecule has 0 spiro atoms. The van der Waals surface area contributed by atoms with E-state index in [1.54, 1.807) is 0 Å². The highest BCUT2D eigenvalue weighted by Crippen LogP contribution is 2.37. The maximum Gasteiger partial charge on any atom is 0.241 e. The molecule has 1 aliphatic heterocycles. The first kappa shape index (κ1) is 13.6. The molecule has 2 aliphatic rings. The molecule has 2 fully saturated rings. The highest BCUT2D eigenvalue weighted by atomic mass is 16.2. The van der Waals surface area contributed by atoms with Crippen LogP contribution in [0.4, 0.5) is 5.69 Å². The molecule has 4 nitrogen and oxygen atoms in total. The van der Waals surface area contributed by atoms with E-state index in [4.69, 9.17) is 5.73 Å². The van der Waals surface area contributed by atoms with Crippen molar-refractivity contribution >= 4 is 11.6 Å². The van der Waals surface area contributed by atoms with E-state index < -0.39 is 0 Å². The second-order valence-corrected chi connectivity index (χ2v) is 6.20. The summed E-state index contributed by atoms with van der Waals surface area (Å²) in [6, 6.07) is 8.28. The molecule has 20 heavy (non-hydrogen) atoms. The number of piperazine rings is 1. The van der Waals surface area contributed by atoms with Gasteiger partial charge < -0.3 is 10.6 Å². The van der Waals surface area contributed by atoms with Gasteiger partial charge in [0.1, 0.15) is 0 Å². The van der Waals surface area contributed by atoms with Crippen molar-refractivity contribution in [3.63, 3.8) is 0 Å². The smallest absolute Gasteiger partial charge is 0.241 e. The first-order chi connectivity index (χ1) is 9.58. The first-order valence-electron chi connectivity index (χ1n) is 7.47. The summed E-state index contributed by atoms with van der Waals surface area (Å²) in [6.07, 6.45) is 4.50. The van der Waals surface area contributed by atoms with Crippen LogP contribution in [0.3, 0.4) is 0 Å². The lowest BCUT2D eigenvalue weighted by Gasteiger charge is -2.33. The van der Waals surface area contributed by atoms with Gasteiger partial charge in [-0.05, 0) is 37.6 Å². The lowest BCUT2D eigenvalue weighted by atomic mass is 9.89. The van der Waals surface area contributed by atoms with Gasteiger partial charge in [0.25, 0.3) is 0 Å². The van der Waals surface area contributed by atoms with Gasteiger partial charge in [-0.1, -0.05) is 25.0 Å². The molecular weight excluding hydrogens is 250 g/mol. The Morgan fingerprint density at radius 2 is 1.95 bits per heavy atom. The summed E-state index contributed by atoms with van der Waals surface area (Å²) in [5, 5.41) is 0. The molecule has 108 valence electrons. The zero-order valence-electron chi connectivity index (χ0n) is 12.1. The number of hydrogen-bond acceptors (Lipinski definition) is 3. The molecule has 0 atom stereocenters. The molecule has 1 amide bonds. The van der Waals surface area contributed by atoms with Gasteiger partial charge in [0.2, 0.25) is 5.91 Å². The fourth-order valence-electron chi connectivity index (χ4n) is 3.34. The second kappa shape index (κ2) is 5.19. The van der Waals surface area contributed by atoms with Crippen LogP contribution in [-0.2, 0) is 10.3 Å². The van der Waals surface area contributed by atoms with Crippen molar-refractivity contribution in [2.45, 2.75) is 31.2 Å². The van der Waals surface area contributed by atoms with Gasteiger partial charge in [0.05, 0.1) is 6.54 Å². The molecule has 0 aromatic heterocycles. The van der Waals surface area contributed by atoms with Crippen molar-refractivity contribution < 1.29 is 4.79 Å². The zero-order chi connectivity index (χ0) is 14.2. The normalized spacial score (nSPS) is 23.3. The Bertz CT molecular complexity index is 508. The molecule has 1 saturated carbocycles. The fraction of sp³-hybridized carbons (Fsp3) is 0.562. The van der Waals surface area contributed by atoms with Crippen LogP contribution in [-0.4, -0.2) is 37.5 Å². The van der Waals surface area contributed by atoms with Gasteiger partial charge in [-0.15, -0.1) is 0 Å². The number of amides is 1. The van der Waals surface area contributed by atoms with E-state index in [9.17, 15) is 4.79 Å². The van der Waals surface area contributed by atoms with Gasteiger partial charge in [-0.3, -0.25) is 9.69 Å². The molecule has 0 unspecified atom stereocenters. The Balaban J connectivity index is 1.86. The molecular formula is C16H23N3O. The van der Waals surface area contributed by atoms with E-state index in [0.717, 1.165) is 31.6 Å². The average molecular weight is 273 g/mol. The largest absolute Gasteiger partial charge is 0.321 e. The number of rotatable bonds is 2. The van der Waals surface area contributed by atoms with Crippen LogP contribution in [0, 0.1) is 0 Å².